The molecule has 1 N–H and O–H groups in total. The number of hydrogen-bond donors (Lipinski definition) is 1. The second kappa shape index (κ2) is 5.46. The van der Waals surface area contributed by atoms with E-state index < -0.39 is 0 Å². The van der Waals surface area contributed by atoms with Crippen molar-refractivity contribution in [1.29, 1.82) is 0 Å². The van der Waals surface area contributed by atoms with Crippen molar-refractivity contribution in [3.8, 4) is 0 Å². The van der Waals surface area contributed by atoms with Crippen molar-refractivity contribution >= 4 is 21.9 Å². The monoisotopic (exact) mass is 271 g/mol. The first-order valence-electron chi connectivity index (χ1n) is 6.85. The molecular weight excluding hydrogens is 254 g/mol. The third kappa shape index (κ3) is 2.20. The molecule has 1 aromatic carbocycles. The van der Waals surface area contributed by atoms with Gasteiger partial charge in [-0.1, -0.05) is 18.2 Å². The summed E-state index contributed by atoms with van der Waals surface area (Å²) in [5.41, 5.74) is 2.23. The molecule has 2 aromatic heterocycles. The predicted molar refractivity (Wildman–Crippen MR) is 79.0 cm³/mol. The smallest absolute Gasteiger partial charge is 0.277 e. The molecule has 5 heteroatoms. The minimum atomic E-state index is -0.0253. The summed E-state index contributed by atoms with van der Waals surface area (Å²) >= 11 is 0. The molecule has 0 spiro atoms. The molecule has 0 unspecified atom stereocenters. The Morgan fingerprint density at radius 2 is 2.20 bits per heavy atom. The van der Waals surface area contributed by atoms with Crippen LogP contribution in [-0.4, -0.2) is 27.7 Å². The fourth-order valence-corrected chi connectivity index (χ4v) is 2.38. The van der Waals surface area contributed by atoms with Gasteiger partial charge in [0.25, 0.3) is 5.56 Å². The molecule has 0 aliphatic carbocycles. The van der Waals surface area contributed by atoms with Gasteiger partial charge < -0.3 is 9.72 Å². The second-order valence-corrected chi connectivity index (χ2v) is 4.69. The molecule has 3 rings (SSSR count). The van der Waals surface area contributed by atoms with Crippen LogP contribution in [0.25, 0.3) is 21.9 Å². The molecule has 3 aromatic rings. The van der Waals surface area contributed by atoms with Crippen molar-refractivity contribution in [3.63, 3.8) is 0 Å². The highest BCUT2D eigenvalue weighted by molar-refractivity contribution is 6.04. The quantitative estimate of drug-likeness (QED) is 0.724. The highest BCUT2D eigenvalue weighted by Crippen LogP contribution is 2.20. The Labute approximate surface area is 116 Å². The third-order valence-electron chi connectivity index (χ3n) is 3.37. The van der Waals surface area contributed by atoms with Crippen LogP contribution in [0.1, 0.15) is 13.3 Å². The van der Waals surface area contributed by atoms with Crippen molar-refractivity contribution in [1.82, 2.24) is 14.5 Å². The third-order valence-corrected chi connectivity index (χ3v) is 3.37. The summed E-state index contributed by atoms with van der Waals surface area (Å²) in [4.78, 5) is 20.0. The van der Waals surface area contributed by atoms with Crippen LogP contribution in [-0.2, 0) is 11.3 Å². The van der Waals surface area contributed by atoms with E-state index in [0.29, 0.717) is 25.3 Å². The Balaban J connectivity index is 1.98. The van der Waals surface area contributed by atoms with Gasteiger partial charge in [0.15, 0.2) is 0 Å². The van der Waals surface area contributed by atoms with Crippen LogP contribution >= 0.6 is 0 Å². The zero-order valence-electron chi connectivity index (χ0n) is 11.4. The Morgan fingerprint density at radius 1 is 1.35 bits per heavy atom. The molecule has 0 fully saturated rings. The first-order chi connectivity index (χ1) is 9.81. The molecule has 0 radical (unpaired) electrons. The van der Waals surface area contributed by atoms with Crippen molar-refractivity contribution in [3.05, 3.63) is 40.9 Å². The molecular formula is C15H17N3O2. The van der Waals surface area contributed by atoms with E-state index in [2.05, 4.69) is 9.97 Å². The van der Waals surface area contributed by atoms with Crippen LogP contribution in [0.4, 0.5) is 0 Å². The number of para-hydroxylation sites is 1. The molecule has 2 heterocycles. The number of rotatable bonds is 5. The van der Waals surface area contributed by atoms with E-state index in [0.717, 1.165) is 22.8 Å². The Kier molecular flexibility index (Phi) is 3.52. The number of H-pyrrole nitrogens is 1. The number of ether oxygens (including phenoxy) is 1. The predicted octanol–water partition coefficient (Wildman–Crippen LogP) is 2.30. The van der Waals surface area contributed by atoms with Gasteiger partial charge in [0, 0.05) is 30.7 Å². The minimum Gasteiger partial charge on any atom is -0.382 e. The number of nitrogens with zero attached hydrogens (tertiary/aromatic N) is 2. The molecule has 0 aliphatic rings. The lowest BCUT2D eigenvalue weighted by Gasteiger charge is -2.05. The fourth-order valence-electron chi connectivity index (χ4n) is 2.38. The van der Waals surface area contributed by atoms with Crippen molar-refractivity contribution in [2.45, 2.75) is 19.9 Å². The molecule has 5 nitrogen and oxygen atoms in total. The number of benzene rings is 1. The van der Waals surface area contributed by atoms with Crippen molar-refractivity contribution in [2.24, 2.45) is 0 Å². The van der Waals surface area contributed by atoms with Gasteiger partial charge in [-0.2, -0.15) is 0 Å². The molecule has 0 saturated heterocycles. The average Bonchev–Trinajstić information content (AvgIpc) is 2.85. The van der Waals surface area contributed by atoms with E-state index in [1.165, 1.54) is 0 Å². The Hall–Kier alpha value is -2.14. The van der Waals surface area contributed by atoms with Gasteiger partial charge in [0.2, 0.25) is 0 Å². The van der Waals surface area contributed by atoms with E-state index in [-0.39, 0.29) is 5.56 Å². The van der Waals surface area contributed by atoms with Crippen LogP contribution < -0.4 is 5.56 Å². The average molecular weight is 271 g/mol. The number of aryl methyl sites for hydroxylation is 1. The summed E-state index contributed by atoms with van der Waals surface area (Å²) in [7, 11) is 0. The number of aromatic nitrogens is 3. The first kappa shape index (κ1) is 12.9. The minimum absolute atomic E-state index is 0.0253. The lowest BCUT2D eigenvalue weighted by Crippen LogP contribution is -2.21. The largest absolute Gasteiger partial charge is 0.382 e. The van der Waals surface area contributed by atoms with E-state index in [9.17, 15) is 4.79 Å². The van der Waals surface area contributed by atoms with E-state index in [1.807, 2.05) is 31.2 Å². The molecule has 0 saturated carbocycles. The van der Waals surface area contributed by atoms with E-state index >= 15 is 0 Å². The van der Waals surface area contributed by atoms with Gasteiger partial charge in [-0.15, -0.1) is 0 Å². The second-order valence-electron chi connectivity index (χ2n) is 4.69. The summed E-state index contributed by atoms with van der Waals surface area (Å²) in [5, 5.41) is 0.987. The van der Waals surface area contributed by atoms with Crippen molar-refractivity contribution < 1.29 is 4.74 Å². The Bertz CT molecular complexity index is 789. The SMILES string of the molecule is CCOCCCn1cnc2c([nH]c3ccccc32)c1=O. The van der Waals surface area contributed by atoms with Crippen molar-refractivity contribution in [2.75, 3.05) is 13.2 Å². The van der Waals surface area contributed by atoms with Crippen LogP contribution in [0, 0.1) is 0 Å². The lowest BCUT2D eigenvalue weighted by atomic mass is 10.2. The van der Waals surface area contributed by atoms with Crippen LogP contribution in [0.2, 0.25) is 0 Å². The molecule has 104 valence electrons. The number of nitrogens with one attached hydrogen (secondary N) is 1. The standard InChI is InChI=1S/C15H17N3O2/c1-2-20-9-5-8-18-10-16-13-11-6-3-4-7-12(11)17-14(13)15(18)19/h3-4,6-7,10,17H,2,5,8-9H2,1H3. The molecule has 0 aliphatic heterocycles. The lowest BCUT2D eigenvalue weighted by molar-refractivity contribution is 0.141. The molecule has 0 amide bonds. The maximum Gasteiger partial charge on any atom is 0.277 e. The fraction of sp³-hybridized carbons (Fsp3) is 0.333. The highest BCUT2D eigenvalue weighted by atomic mass is 16.5. The summed E-state index contributed by atoms with van der Waals surface area (Å²) in [6, 6.07) is 7.82. The molecule has 0 atom stereocenters. The summed E-state index contributed by atoms with van der Waals surface area (Å²) < 4.78 is 6.92. The van der Waals surface area contributed by atoms with Crippen LogP contribution in [0.5, 0.6) is 0 Å². The van der Waals surface area contributed by atoms with Gasteiger partial charge in [0.1, 0.15) is 11.0 Å². The zero-order valence-corrected chi connectivity index (χ0v) is 11.4. The number of fused-ring (bicyclic) bond motifs is 3. The van der Waals surface area contributed by atoms with E-state index in [4.69, 9.17) is 4.74 Å². The van der Waals surface area contributed by atoms with Gasteiger partial charge >= 0.3 is 0 Å². The number of aromatic amines is 1. The molecule has 20 heavy (non-hydrogen) atoms. The maximum atomic E-state index is 12.4. The maximum absolute atomic E-state index is 12.4. The highest BCUT2D eigenvalue weighted by Gasteiger charge is 2.09. The van der Waals surface area contributed by atoms with Gasteiger partial charge in [-0.25, -0.2) is 4.98 Å². The normalized spacial score (nSPS) is 11.4. The summed E-state index contributed by atoms with van der Waals surface area (Å²) in [6.07, 6.45) is 2.43. The Morgan fingerprint density at radius 3 is 3.05 bits per heavy atom. The first-order valence-corrected chi connectivity index (χ1v) is 6.85. The van der Waals surface area contributed by atoms with E-state index in [1.54, 1.807) is 10.9 Å². The van der Waals surface area contributed by atoms with Crippen LogP contribution in [0.3, 0.4) is 0 Å². The van der Waals surface area contributed by atoms with Crippen LogP contribution in [0.15, 0.2) is 35.4 Å². The topological polar surface area (TPSA) is 59.9 Å². The number of hydrogen-bond acceptors (Lipinski definition) is 3. The zero-order chi connectivity index (χ0) is 13.9. The summed E-state index contributed by atoms with van der Waals surface area (Å²) in [5.74, 6) is 0. The van der Waals surface area contributed by atoms with Gasteiger partial charge in [-0.3, -0.25) is 9.36 Å². The van der Waals surface area contributed by atoms with Gasteiger partial charge in [-0.05, 0) is 19.4 Å². The van der Waals surface area contributed by atoms with Gasteiger partial charge in [0.05, 0.1) is 6.33 Å². The summed E-state index contributed by atoms with van der Waals surface area (Å²) in [6.45, 7) is 3.95. The molecule has 0 bridgehead atoms.